The van der Waals surface area contributed by atoms with E-state index in [1.54, 1.807) is 6.92 Å². The summed E-state index contributed by atoms with van der Waals surface area (Å²) in [5.74, 6) is 0.289. The number of carbonyl (C=O) groups excluding carboxylic acids is 1. The number of hydrogen-bond acceptors (Lipinski definition) is 1. The van der Waals surface area contributed by atoms with E-state index in [-0.39, 0.29) is 22.9 Å². The van der Waals surface area contributed by atoms with Crippen LogP contribution in [-0.4, -0.2) is 5.78 Å². The molecule has 0 saturated carbocycles. The fourth-order valence-corrected chi connectivity index (χ4v) is 0.352. The number of rotatable bonds is 2. The Hall–Kier alpha value is 0.189. The third-order valence-electron chi connectivity index (χ3n) is 0.602. The molecule has 0 aliphatic heterocycles. The number of ketones is 1. The van der Waals surface area contributed by atoms with Crippen molar-refractivity contribution in [3.05, 3.63) is 0 Å². The predicted octanol–water partition coefficient (Wildman–Crippen LogP) is 1.37. The van der Waals surface area contributed by atoms with Gasteiger partial charge < -0.3 is 4.79 Å². The molecule has 0 unspecified atom stereocenters. The first-order valence-corrected chi connectivity index (χ1v) is 2.26. The Kier molecular flexibility index (Phi) is 9.04. The molecule has 0 aliphatic carbocycles. The minimum atomic E-state index is 0. The van der Waals surface area contributed by atoms with E-state index >= 15 is 0 Å². The zero-order valence-corrected chi connectivity index (χ0v) is 5.57. The van der Waals surface area contributed by atoms with Crippen molar-refractivity contribution >= 4 is 5.78 Å². The Morgan fingerprint density at radius 1 is 1.57 bits per heavy atom. The van der Waals surface area contributed by atoms with Crippen molar-refractivity contribution in [2.24, 2.45) is 0 Å². The summed E-state index contributed by atoms with van der Waals surface area (Å²) in [5.41, 5.74) is 0. The van der Waals surface area contributed by atoms with Crippen LogP contribution in [0.3, 0.4) is 0 Å². The molecule has 1 radical (unpaired) electrons. The molecule has 0 fully saturated rings. The van der Waals surface area contributed by atoms with Gasteiger partial charge in [-0.25, -0.2) is 0 Å². The van der Waals surface area contributed by atoms with Gasteiger partial charge in [-0.15, -0.1) is 0 Å². The smallest absolute Gasteiger partial charge is 0.129 e. The Morgan fingerprint density at radius 2 is 2.00 bits per heavy atom. The van der Waals surface area contributed by atoms with Crippen LogP contribution in [0.2, 0.25) is 0 Å². The minimum absolute atomic E-state index is 0. The molecule has 0 aromatic rings. The van der Waals surface area contributed by atoms with Gasteiger partial charge in [-0.2, -0.15) is 0 Å². The van der Waals surface area contributed by atoms with Crippen LogP contribution in [0, 0.1) is 0 Å². The van der Waals surface area contributed by atoms with E-state index in [1.165, 1.54) is 0 Å². The van der Waals surface area contributed by atoms with E-state index in [4.69, 9.17) is 0 Å². The molecule has 0 saturated heterocycles. The zero-order valence-electron chi connectivity index (χ0n) is 4.62. The molecule has 0 heterocycles. The van der Waals surface area contributed by atoms with E-state index in [9.17, 15) is 4.79 Å². The Bertz CT molecular complexity index is 52.0. The number of carbonyl (C=O) groups is 1. The molecular formula is C5H10CuO. The van der Waals surface area contributed by atoms with Gasteiger partial charge in [0.2, 0.25) is 0 Å². The molecule has 0 atom stereocenters. The van der Waals surface area contributed by atoms with Crippen LogP contribution in [0.15, 0.2) is 0 Å². The van der Waals surface area contributed by atoms with Crippen molar-refractivity contribution in [1.82, 2.24) is 0 Å². The first kappa shape index (κ1) is 10.2. The van der Waals surface area contributed by atoms with Crippen LogP contribution in [0.1, 0.15) is 26.7 Å². The second kappa shape index (κ2) is 6.19. The van der Waals surface area contributed by atoms with Gasteiger partial charge in [-0.1, -0.05) is 6.92 Å². The van der Waals surface area contributed by atoms with E-state index in [1.807, 2.05) is 6.92 Å². The molecule has 0 amide bonds. The molecule has 2 heteroatoms. The fraction of sp³-hybridized carbons (Fsp3) is 0.800. The van der Waals surface area contributed by atoms with Crippen molar-refractivity contribution in [2.45, 2.75) is 26.7 Å². The average molecular weight is 150 g/mol. The van der Waals surface area contributed by atoms with E-state index in [0.717, 1.165) is 12.8 Å². The molecular weight excluding hydrogens is 140 g/mol. The van der Waals surface area contributed by atoms with Crippen molar-refractivity contribution in [3.8, 4) is 0 Å². The minimum Gasteiger partial charge on any atom is -0.300 e. The number of Topliss-reactive ketones (excluding diaryl/α,β-unsaturated/α-hetero) is 1. The van der Waals surface area contributed by atoms with Crippen molar-refractivity contribution in [2.75, 3.05) is 0 Å². The van der Waals surface area contributed by atoms with E-state index in [0.29, 0.717) is 0 Å². The Balaban J connectivity index is 0. The largest absolute Gasteiger partial charge is 0.300 e. The first-order chi connectivity index (χ1) is 2.77. The molecule has 0 spiro atoms. The maximum Gasteiger partial charge on any atom is 0.129 e. The summed E-state index contributed by atoms with van der Waals surface area (Å²) >= 11 is 0. The summed E-state index contributed by atoms with van der Waals surface area (Å²) in [6.45, 7) is 3.62. The summed E-state index contributed by atoms with van der Waals surface area (Å²) in [6.07, 6.45) is 1.72. The Labute approximate surface area is 55.0 Å². The summed E-state index contributed by atoms with van der Waals surface area (Å²) in [7, 11) is 0. The van der Waals surface area contributed by atoms with Gasteiger partial charge in [0.15, 0.2) is 0 Å². The van der Waals surface area contributed by atoms with Gasteiger partial charge >= 0.3 is 0 Å². The number of hydrogen-bond donors (Lipinski definition) is 0. The third-order valence-corrected chi connectivity index (χ3v) is 0.602. The molecule has 0 bridgehead atoms. The van der Waals surface area contributed by atoms with Crippen molar-refractivity contribution in [3.63, 3.8) is 0 Å². The quantitative estimate of drug-likeness (QED) is 0.543. The topological polar surface area (TPSA) is 17.1 Å². The predicted molar refractivity (Wildman–Crippen MR) is 25.6 cm³/mol. The SMILES string of the molecule is CCCC(C)=O.[Cu]. The molecule has 1 nitrogen and oxygen atoms in total. The maximum atomic E-state index is 10.0. The van der Waals surface area contributed by atoms with Crippen LogP contribution in [0.5, 0.6) is 0 Å². The molecule has 0 aromatic carbocycles. The summed E-state index contributed by atoms with van der Waals surface area (Å²) in [6, 6.07) is 0. The monoisotopic (exact) mass is 149 g/mol. The van der Waals surface area contributed by atoms with Crippen molar-refractivity contribution < 1.29 is 21.9 Å². The van der Waals surface area contributed by atoms with Crippen LogP contribution < -0.4 is 0 Å². The van der Waals surface area contributed by atoms with Gasteiger partial charge in [-0.3, -0.25) is 0 Å². The van der Waals surface area contributed by atoms with Crippen LogP contribution >= 0.6 is 0 Å². The average Bonchev–Trinajstić information content (AvgIpc) is 1.35. The second-order valence-corrected chi connectivity index (χ2v) is 1.45. The van der Waals surface area contributed by atoms with Crippen LogP contribution in [-0.2, 0) is 21.9 Å². The van der Waals surface area contributed by atoms with Crippen LogP contribution in [0.25, 0.3) is 0 Å². The summed E-state index contributed by atoms with van der Waals surface area (Å²) < 4.78 is 0. The van der Waals surface area contributed by atoms with Gasteiger partial charge in [0, 0.05) is 23.5 Å². The fourth-order valence-electron chi connectivity index (χ4n) is 0.352. The molecule has 0 aromatic heterocycles. The third kappa shape index (κ3) is 10.7. The normalized spacial score (nSPS) is 7.14. The summed E-state index contributed by atoms with van der Waals surface area (Å²) in [5, 5.41) is 0. The summed E-state index contributed by atoms with van der Waals surface area (Å²) in [4.78, 5) is 10.0. The molecule has 0 N–H and O–H groups in total. The van der Waals surface area contributed by atoms with E-state index in [2.05, 4.69) is 0 Å². The molecule has 7 heavy (non-hydrogen) atoms. The van der Waals surface area contributed by atoms with Crippen LogP contribution in [0.4, 0.5) is 0 Å². The standard InChI is InChI=1S/C5H10O.Cu/c1-3-4-5(2)6;/h3-4H2,1-2H3;. The zero-order chi connectivity index (χ0) is 4.99. The van der Waals surface area contributed by atoms with Gasteiger partial charge in [0.05, 0.1) is 0 Å². The van der Waals surface area contributed by atoms with Crippen molar-refractivity contribution in [1.29, 1.82) is 0 Å². The van der Waals surface area contributed by atoms with Gasteiger partial charge in [0.25, 0.3) is 0 Å². The molecule has 47 valence electrons. The Morgan fingerprint density at radius 3 is 2.00 bits per heavy atom. The second-order valence-electron chi connectivity index (χ2n) is 1.45. The van der Waals surface area contributed by atoms with Gasteiger partial charge in [0.1, 0.15) is 5.78 Å². The van der Waals surface area contributed by atoms with E-state index < -0.39 is 0 Å². The molecule has 0 aliphatic rings. The first-order valence-electron chi connectivity index (χ1n) is 2.26. The van der Waals surface area contributed by atoms with Gasteiger partial charge in [-0.05, 0) is 13.3 Å². The molecule has 0 rings (SSSR count). The maximum absolute atomic E-state index is 10.0.